The summed E-state index contributed by atoms with van der Waals surface area (Å²) >= 11 is 6.21. The molecule has 0 radical (unpaired) electrons. The van der Waals surface area contributed by atoms with Gasteiger partial charge in [0.1, 0.15) is 23.9 Å². The summed E-state index contributed by atoms with van der Waals surface area (Å²) < 4.78 is 58.6. The molecule has 0 unspecified atom stereocenters. The molecule has 0 spiro atoms. The van der Waals surface area contributed by atoms with Gasteiger partial charge >= 0.3 is 6.18 Å². The first-order chi connectivity index (χ1) is 16.5. The van der Waals surface area contributed by atoms with Crippen molar-refractivity contribution in [2.45, 2.75) is 6.18 Å². The molecule has 0 aliphatic carbocycles. The first kappa shape index (κ1) is 24.6. The van der Waals surface area contributed by atoms with Gasteiger partial charge in [-0.3, -0.25) is 19.3 Å². The van der Waals surface area contributed by atoms with Crippen LogP contribution in [0.1, 0.15) is 11.3 Å². The number of furan rings is 1. The zero-order valence-electron chi connectivity index (χ0n) is 17.4. The molecule has 0 saturated carbocycles. The standard InChI is InChI=1S/C23H13ClF4N2O4S/c24-16-9-12(5-7-17(16)25)29-20(31)11-30-21(32)19(35-22(30)33)10-13-6-8-18(34-13)14-3-1-2-4-15(14)23(26,27)28/h1-10H,11H2,(H,29,31)/b19-10+. The number of rotatable bonds is 5. The minimum Gasteiger partial charge on any atom is -0.457 e. The maximum absolute atomic E-state index is 13.3. The summed E-state index contributed by atoms with van der Waals surface area (Å²) in [4.78, 5) is 37.8. The summed E-state index contributed by atoms with van der Waals surface area (Å²) in [6.07, 6.45) is -3.38. The Hall–Kier alpha value is -3.57. The molecule has 4 rings (SSSR count). The van der Waals surface area contributed by atoms with E-state index in [0.717, 1.165) is 12.1 Å². The zero-order valence-corrected chi connectivity index (χ0v) is 18.9. The summed E-state index contributed by atoms with van der Waals surface area (Å²) in [5.41, 5.74) is -0.883. The van der Waals surface area contributed by atoms with Crippen LogP contribution in [0.3, 0.4) is 0 Å². The number of nitrogens with zero attached hydrogens (tertiary/aromatic N) is 1. The molecule has 2 aromatic carbocycles. The van der Waals surface area contributed by atoms with E-state index in [4.69, 9.17) is 16.0 Å². The molecule has 1 aliphatic rings. The van der Waals surface area contributed by atoms with Gasteiger partial charge in [-0.05, 0) is 48.2 Å². The number of alkyl halides is 3. The van der Waals surface area contributed by atoms with Crippen LogP contribution in [0.4, 0.5) is 28.0 Å². The van der Waals surface area contributed by atoms with Crippen LogP contribution in [0.15, 0.2) is 63.9 Å². The van der Waals surface area contributed by atoms with Crippen LogP contribution in [-0.2, 0) is 15.8 Å². The SMILES string of the molecule is O=C(CN1C(=O)S/C(=C/c2ccc(-c3ccccc3C(F)(F)F)o2)C1=O)Nc1ccc(F)c(Cl)c1. The van der Waals surface area contributed by atoms with E-state index in [9.17, 15) is 31.9 Å². The fourth-order valence-corrected chi connectivity index (χ4v) is 4.20. The Morgan fingerprint density at radius 2 is 1.86 bits per heavy atom. The number of benzene rings is 2. The lowest BCUT2D eigenvalue weighted by Gasteiger charge is -2.12. The van der Waals surface area contributed by atoms with Crippen molar-refractivity contribution in [3.63, 3.8) is 0 Å². The number of hydrogen-bond donors (Lipinski definition) is 1. The smallest absolute Gasteiger partial charge is 0.417 e. The maximum Gasteiger partial charge on any atom is 0.417 e. The number of hydrogen-bond acceptors (Lipinski definition) is 5. The van der Waals surface area contributed by atoms with Crippen molar-refractivity contribution in [1.82, 2.24) is 4.90 Å². The number of imide groups is 1. The van der Waals surface area contributed by atoms with Crippen LogP contribution >= 0.6 is 23.4 Å². The third-order valence-corrected chi connectivity index (χ3v) is 5.97. The molecule has 1 fully saturated rings. The Morgan fingerprint density at radius 3 is 2.57 bits per heavy atom. The van der Waals surface area contributed by atoms with Gasteiger partial charge in [0.05, 0.1) is 15.5 Å². The highest BCUT2D eigenvalue weighted by atomic mass is 35.5. The maximum atomic E-state index is 13.3. The van der Waals surface area contributed by atoms with E-state index < -0.39 is 41.2 Å². The van der Waals surface area contributed by atoms with Crippen molar-refractivity contribution >= 4 is 52.2 Å². The molecule has 0 atom stereocenters. The van der Waals surface area contributed by atoms with Gasteiger partial charge in [-0.2, -0.15) is 13.2 Å². The lowest BCUT2D eigenvalue weighted by molar-refractivity contribution is -0.137. The molecule has 1 aliphatic heterocycles. The monoisotopic (exact) mass is 524 g/mol. The van der Waals surface area contributed by atoms with E-state index >= 15 is 0 Å². The Bertz CT molecular complexity index is 1370. The van der Waals surface area contributed by atoms with Crippen LogP contribution in [0, 0.1) is 5.82 Å². The normalized spacial score (nSPS) is 15.2. The minimum atomic E-state index is -4.59. The molecule has 1 N–H and O–H groups in total. The average Bonchev–Trinajstić information content (AvgIpc) is 3.36. The van der Waals surface area contributed by atoms with E-state index in [1.54, 1.807) is 0 Å². The lowest BCUT2D eigenvalue weighted by atomic mass is 10.1. The van der Waals surface area contributed by atoms with Crippen molar-refractivity contribution in [1.29, 1.82) is 0 Å². The van der Waals surface area contributed by atoms with Crippen LogP contribution in [-0.4, -0.2) is 28.5 Å². The number of amides is 3. The third kappa shape index (κ3) is 5.41. The van der Waals surface area contributed by atoms with Crippen LogP contribution in [0.5, 0.6) is 0 Å². The average molecular weight is 525 g/mol. The van der Waals surface area contributed by atoms with E-state index in [-0.39, 0.29) is 32.7 Å². The highest BCUT2D eigenvalue weighted by Crippen LogP contribution is 2.38. The van der Waals surface area contributed by atoms with E-state index in [1.807, 2.05) is 0 Å². The van der Waals surface area contributed by atoms with E-state index in [1.165, 1.54) is 48.5 Å². The van der Waals surface area contributed by atoms with Crippen molar-refractivity contribution in [2.24, 2.45) is 0 Å². The van der Waals surface area contributed by atoms with Gasteiger partial charge in [-0.1, -0.05) is 29.8 Å². The molecule has 3 aromatic rings. The van der Waals surface area contributed by atoms with Crippen molar-refractivity contribution in [3.8, 4) is 11.3 Å². The molecule has 12 heteroatoms. The minimum absolute atomic E-state index is 0.0490. The molecular weight excluding hydrogens is 512 g/mol. The second-order valence-corrected chi connectivity index (χ2v) is 8.59. The quantitative estimate of drug-likeness (QED) is 0.307. The van der Waals surface area contributed by atoms with Gasteiger partial charge in [-0.15, -0.1) is 0 Å². The van der Waals surface area contributed by atoms with Gasteiger partial charge in [0.15, 0.2) is 0 Å². The Balaban J connectivity index is 1.48. The number of anilines is 1. The van der Waals surface area contributed by atoms with E-state index in [2.05, 4.69) is 5.32 Å². The van der Waals surface area contributed by atoms with Crippen LogP contribution in [0.25, 0.3) is 17.4 Å². The van der Waals surface area contributed by atoms with Crippen LogP contribution in [0.2, 0.25) is 5.02 Å². The Morgan fingerprint density at radius 1 is 1.11 bits per heavy atom. The number of carbonyl (C=O) groups is 3. The van der Waals surface area contributed by atoms with Gasteiger partial charge < -0.3 is 9.73 Å². The van der Waals surface area contributed by atoms with E-state index in [0.29, 0.717) is 16.7 Å². The number of halogens is 5. The second kappa shape index (κ2) is 9.59. The summed E-state index contributed by atoms with van der Waals surface area (Å²) in [5.74, 6) is -2.20. The molecule has 0 bridgehead atoms. The fraction of sp³-hybridized carbons (Fsp3) is 0.0870. The largest absolute Gasteiger partial charge is 0.457 e. The van der Waals surface area contributed by atoms with Crippen molar-refractivity contribution in [2.75, 3.05) is 11.9 Å². The summed E-state index contributed by atoms with van der Waals surface area (Å²) in [6.45, 7) is -0.612. The summed E-state index contributed by atoms with van der Waals surface area (Å²) in [7, 11) is 0. The number of carbonyl (C=O) groups excluding carboxylic acids is 3. The first-order valence-electron chi connectivity index (χ1n) is 9.79. The first-order valence-corrected chi connectivity index (χ1v) is 11.0. The number of nitrogens with one attached hydrogen (secondary N) is 1. The zero-order chi connectivity index (χ0) is 25.3. The predicted molar refractivity (Wildman–Crippen MR) is 122 cm³/mol. The molecule has 180 valence electrons. The molecule has 1 aromatic heterocycles. The lowest BCUT2D eigenvalue weighted by Crippen LogP contribution is -2.36. The molecule has 3 amide bonds. The third-order valence-electron chi connectivity index (χ3n) is 4.78. The highest BCUT2D eigenvalue weighted by molar-refractivity contribution is 8.18. The van der Waals surface area contributed by atoms with Crippen LogP contribution < -0.4 is 5.32 Å². The second-order valence-electron chi connectivity index (χ2n) is 7.19. The number of thioether (sulfide) groups is 1. The topological polar surface area (TPSA) is 79.6 Å². The molecule has 6 nitrogen and oxygen atoms in total. The molecular formula is C23H13ClF4N2O4S. The molecule has 1 saturated heterocycles. The van der Waals surface area contributed by atoms with Gasteiger partial charge in [0, 0.05) is 17.3 Å². The van der Waals surface area contributed by atoms with Crippen molar-refractivity contribution in [3.05, 3.63) is 81.7 Å². The predicted octanol–water partition coefficient (Wildman–Crippen LogP) is 6.43. The highest BCUT2D eigenvalue weighted by Gasteiger charge is 2.37. The summed E-state index contributed by atoms with van der Waals surface area (Å²) in [6, 6.07) is 11.0. The Kier molecular flexibility index (Phi) is 6.73. The molecule has 2 heterocycles. The Labute approximate surface area is 204 Å². The van der Waals surface area contributed by atoms with Gasteiger partial charge in [0.25, 0.3) is 11.1 Å². The fourth-order valence-electron chi connectivity index (χ4n) is 3.20. The van der Waals surface area contributed by atoms with Gasteiger partial charge in [0.2, 0.25) is 5.91 Å². The van der Waals surface area contributed by atoms with Crippen molar-refractivity contribution < 1.29 is 36.4 Å². The summed E-state index contributed by atoms with van der Waals surface area (Å²) in [5, 5.41) is 1.47. The molecule has 35 heavy (non-hydrogen) atoms. The van der Waals surface area contributed by atoms with Gasteiger partial charge in [-0.25, -0.2) is 4.39 Å².